The van der Waals surface area contributed by atoms with Crippen LogP contribution in [0.25, 0.3) is 64.7 Å². The lowest BCUT2D eigenvalue weighted by Gasteiger charge is -2.21. The first-order chi connectivity index (χ1) is 17.3. The Morgan fingerprint density at radius 2 is 1.29 bits per heavy atom. The van der Waals surface area contributed by atoms with E-state index in [9.17, 15) is 0 Å². The number of benzene rings is 5. The van der Waals surface area contributed by atoms with Crippen LogP contribution in [0.3, 0.4) is 0 Å². The van der Waals surface area contributed by atoms with Crippen LogP contribution in [-0.4, -0.2) is 0 Å². The van der Waals surface area contributed by atoms with E-state index in [1.807, 2.05) is 29.5 Å². The lowest BCUT2D eigenvalue weighted by molar-refractivity contribution is 0.487. The fourth-order valence-electron chi connectivity index (χ4n) is 5.35. The van der Waals surface area contributed by atoms with Gasteiger partial charge in [-0.05, 0) is 59.5 Å². The predicted molar refractivity (Wildman–Crippen MR) is 145 cm³/mol. The van der Waals surface area contributed by atoms with E-state index >= 15 is 0 Å². The Balaban J connectivity index is 1.33. The molecule has 1 aliphatic heterocycles. The van der Waals surface area contributed by atoms with Crippen molar-refractivity contribution in [3.8, 4) is 45.3 Å². The minimum Gasteiger partial charge on any atom is -0.456 e. The van der Waals surface area contributed by atoms with Crippen molar-refractivity contribution < 1.29 is 9.15 Å². The smallest absolute Gasteiger partial charge is 0.135 e. The molecule has 0 atom stereocenters. The molecule has 0 bridgehead atoms. The van der Waals surface area contributed by atoms with E-state index in [4.69, 9.17) is 9.15 Å². The molecule has 2 nitrogen and oxygen atoms in total. The average molecular weight is 467 g/mol. The second-order valence-electron chi connectivity index (χ2n) is 8.92. The van der Waals surface area contributed by atoms with Gasteiger partial charge in [0.15, 0.2) is 0 Å². The van der Waals surface area contributed by atoms with Gasteiger partial charge in [-0.1, -0.05) is 60.7 Å². The molecule has 2 aromatic heterocycles. The van der Waals surface area contributed by atoms with Crippen molar-refractivity contribution in [2.24, 2.45) is 0 Å². The van der Waals surface area contributed by atoms with Crippen LogP contribution >= 0.6 is 11.3 Å². The summed E-state index contributed by atoms with van der Waals surface area (Å²) in [5.41, 5.74) is 4.49. The molecule has 0 aliphatic carbocycles. The molecule has 0 saturated carbocycles. The molecule has 0 N–H and O–H groups in total. The molecule has 0 unspecified atom stereocenters. The molecule has 5 aromatic carbocycles. The van der Waals surface area contributed by atoms with Gasteiger partial charge in [0, 0.05) is 42.2 Å². The van der Waals surface area contributed by atoms with Gasteiger partial charge in [-0.2, -0.15) is 0 Å². The number of hydrogen-bond donors (Lipinski definition) is 0. The Morgan fingerprint density at radius 1 is 0.514 bits per heavy atom. The quantitative estimate of drug-likeness (QED) is 0.253. The zero-order valence-electron chi connectivity index (χ0n) is 18.6. The first-order valence-corrected chi connectivity index (χ1v) is 12.5. The van der Waals surface area contributed by atoms with Gasteiger partial charge < -0.3 is 9.15 Å². The highest BCUT2D eigenvalue weighted by molar-refractivity contribution is 7.25. The summed E-state index contributed by atoms with van der Waals surface area (Å²) in [6.07, 6.45) is 0. The third-order valence-corrected chi connectivity index (χ3v) is 8.03. The Hall–Kier alpha value is -4.34. The minimum absolute atomic E-state index is 0.865. The van der Waals surface area contributed by atoms with E-state index < -0.39 is 0 Å². The summed E-state index contributed by atoms with van der Waals surface area (Å²) >= 11 is 1.83. The molecule has 1 aliphatic rings. The molecule has 0 fully saturated rings. The molecule has 3 heterocycles. The van der Waals surface area contributed by atoms with Crippen molar-refractivity contribution in [1.82, 2.24) is 0 Å². The van der Waals surface area contributed by atoms with Gasteiger partial charge in [-0.3, -0.25) is 0 Å². The normalized spacial score (nSPS) is 12.2. The van der Waals surface area contributed by atoms with Gasteiger partial charge in [0.05, 0.1) is 0 Å². The SMILES string of the molecule is c1ccc2c(c1)Oc1cccc3cc(-c4ccc(-c5cccc6sc7ccccc7c56)o4)cc-2c13. The summed E-state index contributed by atoms with van der Waals surface area (Å²) in [6, 6.07) is 38.1. The number of para-hydroxylation sites is 1. The van der Waals surface area contributed by atoms with Crippen LogP contribution in [0, 0.1) is 0 Å². The third-order valence-electron chi connectivity index (χ3n) is 6.89. The van der Waals surface area contributed by atoms with Gasteiger partial charge in [0.25, 0.3) is 0 Å². The monoisotopic (exact) mass is 466 g/mol. The second-order valence-corrected chi connectivity index (χ2v) is 10.0. The average Bonchev–Trinajstić information content (AvgIpc) is 3.54. The Labute approximate surface area is 205 Å². The summed E-state index contributed by atoms with van der Waals surface area (Å²) < 4.78 is 15.3. The first-order valence-electron chi connectivity index (χ1n) is 11.7. The highest BCUT2D eigenvalue weighted by atomic mass is 32.1. The number of fused-ring (bicyclic) bond motifs is 5. The minimum atomic E-state index is 0.865. The molecular formula is C32H18O2S. The zero-order valence-corrected chi connectivity index (χ0v) is 19.4. The molecule has 0 radical (unpaired) electrons. The highest BCUT2D eigenvalue weighted by Crippen LogP contribution is 2.48. The molecule has 0 amide bonds. The second kappa shape index (κ2) is 7.08. The van der Waals surface area contributed by atoms with E-state index in [1.54, 1.807) is 0 Å². The summed E-state index contributed by atoms with van der Waals surface area (Å²) in [5.74, 6) is 3.55. The van der Waals surface area contributed by atoms with Crippen LogP contribution in [-0.2, 0) is 0 Å². The predicted octanol–water partition coefficient (Wildman–Crippen LogP) is 9.91. The summed E-state index contributed by atoms with van der Waals surface area (Å²) in [5, 5.41) is 4.84. The van der Waals surface area contributed by atoms with E-state index in [1.165, 1.54) is 25.7 Å². The van der Waals surface area contributed by atoms with Crippen LogP contribution in [0.5, 0.6) is 11.5 Å². The fraction of sp³-hybridized carbons (Fsp3) is 0. The van der Waals surface area contributed by atoms with Crippen LogP contribution in [0.15, 0.2) is 114 Å². The third kappa shape index (κ3) is 2.76. The Bertz CT molecular complexity index is 1940. The molecule has 35 heavy (non-hydrogen) atoms. The van der Waals surface area contributed by atoms with Crippen molar-refractivity contribution in [2.45, 2.75) is 0 Å². The molecule has 0 spiro atoms. The van der Waals surface area contributed by atoms with E-state index in [0.29, 0.717) is 0 Å². The maximum atomic E-state index is 6.54. The van der Waals surface area contributed by atoms with Gasteiger partial charge >= 0.3 is 0 Å². The summed E-state index contributed by atoms with van der Waals surface area (Å²) in [4.78, 5) is 0. The zero-order chi connectivity index (χ0) is 22.9. The van der Waals surface area contributed by atoms with Crippen molar-refractivity contribution in [3.63, 3.8) is 0 Å². The Kier molecular flexibility index (Phi) is 3.85. The Morgan fingerprint density at radius 3 is 2.29 bits per heavy atom. The fourth-order valence-corrected chi connectivity index (χ4v) is 6.48. The molecule has 7 aromatic rings. The maximum absolute atomic E-state index is 6.54. The number of ether oxygens (including phenoxy) is 1. The maximum Gasteiger partial charge on any atom is 0.135 e. The lowest BCUT2D eigenvalue weighted by atomic mass is 9.92. The van der Waals surface area contributed by atoms with Crippen LogP contribution in [0.4, 0.5) is 0 Å². The summed E-state index contributed by atoms with van der Waals surface area (Å²) in [7, 11) is 0. The van der Waals surface area contributed by atoms with Gasteiger partial charge in [-0.15, -0.1) is 11.3 Å². The molecule has 8 rings (SSSR count). The van der Waals surface area contributed by atoms with Crippen molar-refractivity contribution >= 4 is 42.3 Å². The van der Waals surface area contributed by atoms with Gasteiger partial charge in [0.1, 0.15) is 23.0 Å². The van der Waals surface area contributed by atoms with Crippen molar-refractivity contribution in [3.05, 3.63) is 109 Å². The van der Waals surface area contributed by atoms with Crippen LogP contribution < -0.4 is 4.74 Å². The molecule has 0 saturated heterocycles. The number of hydrogen-bond acceptors (Lipinski definition) is 3. The molecule has 3 heteroatoms. The molecular weight excluding hydrogens is 448 g/mol. The standard InChI is InChI=1S/C32H18O2S/c1-3-11-26-21(8-1)24-18-20(17-19-7-5-12-28(34-26)31(19)24)25-15-16-27(33-25)22-10-6-14-30-32(22)23-9-2-4-13-29(23)35-30/h1-18H. The van der Waals surface area contributed by atoms with E-state index in [-0.39, 0.29) is 0 Å². The number of rotatable bonds is 2. The largest absolute Gasteiger partial charge is 0.456 e. The summed E-state index contributed by atoms with van der Waals surface area (Å²) in [6.45, 7) is 0. The van der Waals surface area contributed by atoms with Crippen molar-refractivity contribution in [1.29, 1.82) is 0 Å². The molecule has 164 valence electrons. The van der Waals surface area contributed by atoms with Crippen molar-refractivity contribution in [2.75, 3.05) is 0 Å². The van der Waals surface area contributed by atoms with E-state index in [2.05, 4.69) is 91.0 Å². The van der Waals surface area contributed by atoms with Crippen LogP contribution in [0.1, 0.15) is 0 Å². The van der Waals surface area contributed by atoms with Crippen LogP contribution in [0.2, 0.25) is 0 Å². The highest BCUT2D eigenvalue weighted by Gasteiger charge is 2.21. The van der Waals surface area contributed by atoms with Gasteiger partial charge in [0.2, 0.25) is 0 Å². The lowest BCUT2D eigenvalue weighted by Crippen LogP contribution is -1.97. The number of thiophene rings is 1. The first kappa shape index (κ1) is 19.0. The topological polar surface area (TPSA) is 22.4 Å². The van der Waals surface area contributed by atoms with E-state index in [0.717, 1.165) is 50.5 Å². The van der Waals surface area contributed by atoms with Gasteiger partial charge in [-0.25, -0.2) is 0 Å². The number of furan rings is 1.